The van der Waals surface area contributed by atoms with Crippen LogP contribution >= 0.6 is 0 Å². The molecule has 0 aliphatic carbocycles. The van der Waals surface area contributed by atoms with Gasteiger partial charge in [-0.1, -0.05) is 31.2 Å². The van der Waals surface area contributed by atoms with Gasteiger partial charge in [-0.25, -0.2) is 0 Å². The highest BCUT2D eigenvalue weighted by Gasteiger charge is 2.10. The SMILES string of the molecule is CCc1ccc(C)[n+](Cc2ccccc2C=O)c1. The molecule has 0 aliphatic rings. The third-order valence-corrected chi connectivity index (χ3v) is 3.24. The molecule has 1 aromatic heterocycles. The van der Waals surface area contributed by atoms with Crippen LogP contribution in [0.1, 0.15) is 34.1 Å². The van der Waals surface area contributed by atoms with Gasteiger partial charge in [0.1, 0.15) is 0 Å². The molecule has 2 heteroatoms. The maximum Gasteiger partial charge on any atom is 0.178 e. The topological polar surface area (TPSA) is 20.9 Å². The Labute approximate surface area is 108 Å². The average molecular weight is 240 g/mol. The van der Waals surface area contributed by atoms with Gasteiger partial charge in [-0.15, -0.1) is 0 Å². The second-order valence-corrected chi connectivity index (χ2v) is 4.48. The summed E-state index contributed by atoms with van der Waals surface area (Å²) in [5, 5.41) is 0. The molecule has 0 amide bonds. The van der Waals surface area contributed by atoms with E-state index in [2.05, 4.69) is 36.7 Å². The lowest BCUT2D eigenvalue weighted by Crippen LogP contribution is -2.38. The Morgan fingerprint density at radius 3 is 2.67 bits per heavy atom. The van der Waals surface area contributed by atoms with Crippen LogP contribution < -0.4 is 4.57 Å². The van der Waals surface area contributed by atoms with Gasteiger partial charge in [0.2, 0.25) is 0 Å². The van der Waals surface area contributed by atoms with Crippen LogP contribution in [0.15, 0.2) is 42.6 Å². The number of benzene rings is 1. The van der Waals surface area contributed by atoms with E-state index in [4.69, 9.17) is 0 Å². The van der Waals surface area contributed by atoms with E-state index in [9.17, 15) is 4.79 Å². The first-order chi connectivity index (χ1) is 8.74. The largest absolute Gasteiger partial charge is 0.298 e. The summed E-state index contributed by atoms with van der Waals surface area (Å²) in [6.07, 6.45) is 4.11. The lowest BCUT2D eigenvalue weighted by molar-refractivity contribution is -0.694. The minimum Gasteiger partial charge on any atom is -0.298 e. The summed E-state index contributed by atoms with van der Waals surface area (Å²) in [6.45, 7) is 4.98. The van der Waals surface area contributed by atoms with E-state index in [1.807, 2.05) is 24.3 Å². The van der Waals surface area contributed by atoms with E-state index in [0.29, 0.717) is 0 Å². The van der Waals surface area contributed by atoms with E-state index in [1.165, 1.54) is 11.3 Å². The molecule has 0 spiro atoms. The molecule has 0 saturated heterocycles. The molecular formula is C16H18NO+. The van der Waals surface area contributed by atoms with Crippen molar-refractivity contribution >= 4 is 6.29 Å². The number of aryl methyl sites for hydroxylation is 2. The number of nitrogens with zero attached hydrogens (tertiary/aromatic N) is 1. The number of rotatable bonds is 4. The average Bonchev–Trinajstić information content (AvgIpc) is 2.42. The summed E-state index contributed by atoms with van der Waals surface area (Å²) in [7, 11) is 0. The lowest BCUT2D eigenvalue weighted by Gasteiger charge is -2.05. The molecule has 0 bridgehead atoms. The zero-order chi connectivity index (χ0) is 13.0. The van der Waals surface area contributed by atoms with Crippen molar-refractivity contribution in [3.63, 3.8) is 0 Å². The van der Waals surface area contributed by atoms with E-state index < -0.39 is 0 Å². The van der Waals surface area contributed by atoms with Crippen molar-refractivity contribution in [2.45, 2.75) is 26.8 Å². The van der Waals surface area contributed by atoms with Gasteiger partial charge in [0.05, 0.1) is 0 Å². The molecule has 0 aliphatic heterocycles. The van der Waals surface area contributed by atoms with Crippen LogP contribution in [0.4, 0.5) is 0 Å². The molecule has 2 nitrogen and oxygen atoms in total. The van der Waals surface area contributed by atoms with E-state index in [1.54, 1.807) is 0 Å². The summed E-state index contributed by atoms with van der Waals surface area (Å²) in [5.41, 5.74) is 4.34. The van der Waals surface area contributed by atoms with Gasteiger partial charge in [-0.2, -0.15) is 4.57 Å². The Kier molecular flexibility index (Phi) is 3.88. The molecule has 0 atom stereocenters. The fourth-order valence-electron chi connectivity index (χ4n) is 2.02. The molecule has 2 aromatic rings. The van der Waals surface area contributed by atoms with E-state index in [-0.39, 0.29) is 0 Å². The third kappa shape index (κ3) is 2.65. The summed E-state index contributed by atoms with van der Waals surface area (Å²) < 4.78 is 2.20. The number of hydrogen-bond donors (Lipinski definition) is 0. The van der Waals surface area contributed by atoms with Gasteiger partial charge in [-0.3, -0.25) is 4.79 Å². The molecule has 2 rings (SSSR count). The van der Waals surface area contributed by atoms with Crippen molar-refractivity contribution in [2.24, 2.45) is 0 Å². The highest BCUT2D eigenvalue weighted by Crippen LogP contribution is 2.07. The predicted molar refractivity (Wildman–Crippen MR) is 71.7 cm³/mol. The fraction of sp³-hybridized carbons (Fsp3) is 0.250. The molecule has 0 saturated carbocycles. The summed E-state index contributed by atoms with van der Waals surface area (Å²) in [4.78, 5) is 11.0. The highest BCUT2D eigenvalue weighted by atomic mass is 16.1. The Morgan fingerprint density at radius 2 is 1.94 bits per heavy atom. The van der Waals surface area contributed by atoms with E-state index in [0.717, 1.165) is 30.4 Å². The van der Waals surface area contributed by atoms with Crippen LogP contribution in [0.25, 0.3) is 0 Å². The van der Waals surface area contributed by atoms with Crippen LogP contribution in [-0.4, -0.2) is 6.29 Å². The van der Waals surface area contributed by atoms with Gasteiger partial charge in [0, 0.05) is 29.7 Å². The van der Waals surface area contributed by atoms with Crippen molar-refractivity contribution in [3.05, 3.63) is 65.0 Å². The maximum atomic E-state index is 11.0. The Balaban J connectivity index is 2.36. The first-order valence-electron chi connectivity index (χ1n) is 6.26. The zero-order valence-electron chi connectivity index (χ0n) is 10.9. The van der Waals surface area contributed by atoms with E-state index >= 15 is 0 Å². The Bertz CT molecular complexity index is 561. The Morgan fingerprint density at radius 1 is 1.17 bits per heavy atom. The maximum absolute atomic E-state index is 11.0. The molecule has 1 aromatic carbocycles. The minimum atomic E-state index is 0.745. The first kappa shape index (κ1) is 12.5. The van der Waals surface area contributed by atoms with Crippen molar-refractivity contribution < 1.29 is 9.36 Å². The molecule has 18 heavy (non-hydrogen) atoms. The molecule has 0 unspecified atom stereocenters. The van der Waals surface area contributed by atoms with Gasteiger partial charge < -0.3 is 0 Å². The smallest absolute Gasteiger partial charge is 0.178 e. The Hall–Kier alpha value is -1.96. The second kappa shape index (κ2) is 5.58. The summed E-state index contributed by atoms with van der Waals surface area (Å²) in [6, 6.07) is 12.0. The van der Waals surface area contributed by atoms with Crippen molar-refractivity contribution in [1.29, 1.82) is 0 Å². The van der Waals surface area contributed by atoms with Crippen LogP contribution in [0, 0.1) is 6.92 Å². The number of carbonyl (C=O) groups is 1. The van der Waals surface area contributed by atoms with Gasteiger partial charge >= 0.3 is 0 Å². The quantitative estimate of drug-likeness (QED) is 0.594. The number of carbonyl (C=O) groups excluding carboxylic acids is 1. The zero-order valence-corrected chi connectivity index (χ0v) is 10.9. The number of hydrogen-bond acceptors (Lipinski definition) is 1. The van der Waals surface area contributed by atoms with Gasteiger partial charge in [0.15, 0.2) is 24.7 Å². The standard InChI is InChI=1S/C16H18NO/c1-3-14-9-8-13(2)17(10-14)11-15-6-4-5-7-16(15)12-18/h4-10,12H,3,11H2,1-2H3/q+1. The number of aromatic nitrogens is 1. The van der Waals surface area contributed by atoms with Crippen molar-refractivity contribution in [2.75, 3.05) is 0 Å². The highest BCUT2D eigenvalue weighted by molar-refractivity contribution is 5.76. The van der Waals surface area contributed by atoms with Crippen LogP contribution in [0.5, 0.6) is 0 Å². The van der Waals surface area contributed by atoms with Gasteiger partial charge in [-0.05, 0) is 12.5 Å². The van der Waals surface area contributed by atoms with Crippen molar-refractivity contribution in [3.8, 4) is 0 Å². The minimum absolute atomic E-state index is 0.745. The predicted octanol–water partition coefficient (Wildman–Crippen LogP) is 2.71. The normalized spacial score (nSPS) is 10.3. The van der Waals surface area contributed by atoms with Gasteiger partial charge in [0.25, 0.3) is 0 Å². The molecule has 1 heterocycles. The molecule has 92 valence electrons. The van der Waals surface area contributed by atoms with Crippen molar-refractivity contribution in [1.82, 2.24) is 0 Å². The fourth-order valence-corrected chi connectivity index (χ4v) is 2.02. The molecule has 0 fully saturated rings. The number of aldehydes is 1. The summed E-state index contributed by atoms with van der Waals surface area (Å²) in [5.74, 6) is 0. The van der Waals surface area contributed by atoms with Crippen LogP contribution in [0.3, 0.4) is 0 Å². The molecular weight excluding hydrogens is 222 g/mol. The molecule has 0 N–H and O–H groups in total. The lowest BCUT2D eigenvalue weighted by atomic mass is 10.1. The first-order valence-corrected chi connectivity index (χ1v) is 6.26. The monoisotopic (exact) mass is 240 g/mol. The molecule has 0 radical (unpaired) electrons. The van der Waals surface area contributed by atoms with Crippen LogP contribution in [-0.2, 0) is 13.0 Å². The number of pyridine rings is 1. The summed E-state index contributed by atoms with van der Waals surface area (Å²) >= 11 is 0. The second-order valence-electron chi connectivity index (χ2n) is 4.48. The third-order valence-electron chi connectivity index (χ3n) is 3.24. The van der Waals surface area contributed by atoms with Crippen LogP contribution in [0.2, 0.25) is 0 Å².